The maximum Gasteiger partial charge on any atom is 0.133 e. The first-order valence-corrected chi connectivity index (χ1v) is 5.08. The van der Waals surface area contributed by atoms with Crippen LogP contribution in [0.3, 0.4) is 0 Å². The van der Waals surface area contributed by atoms with Crippen LogP contribution in [0.2, 0.25) is 0 Å². The summed E-state index contributed by atoms with van der Waals surface area (Å²) in [4.78, 5) is 0.822. The Bertz CT molecular complexity index is 487. The van der Waals surface area contributed by atoms with Crippen LogP contribution in [0.15, 0.2) is 24.3 Å². The maximum absolute atomic E-state index is 7.36. The zero-order valence-corrected chi connectivity index (χ0v) is 8.61. The Morgan fingerprint density at radius 2 is 2.29 bits per heavy atom. The maximum atomic E-state index is 7.36. The van der Waals surface area contributed by atoms with Crippen LogP contribution in [0.1, 0.15) is 4.88 Å². The molecule has 0 saturated heterocycles. The zero-order chi connectivity index (χ0) is 10.1. The van der Waals surface area contributed by atoms with Gasteiger partial charge in [-0.3, -0.25) is 5.41 Å². The van der Waals surface area contributed by atoms with E-state index in [1.807, 2.05) is 31.3 Å². The molecule has 4 N–H and O–H groups in total. The first-order chi connectivity index (χ1) is 6.72. The number of rotatable bonds is 2. The number of hydrogen-bond acceptors (Lipinski definition) is 3. The molecule has 4 heteroatoms. The lowest BCUT2D eigenvalue weighted by Gasteiger charge is -1.99. The van der Waals surface area contributed by atoms with Gasteiger partial charge in [-0.05, 0) is 18.2 Å². The van der Waals surface area contributed by atoms with E-state index in [2.05, 4.69) is 5.32 Å². The van der Waals surface area contributed by atoms with Gasteiger partial charge in [0.1, 0.15) is 5.84 Å². The lowest BCUT2D eigenvalue weighted by molar-refractivity contribution is 1.46. The minimum absolute atomic E-state index is 0.133. The highest BCUT2D eigenvalue weighted by atomic mass is 32.1. The molecule has 2 aromatic rings. The van der Waals surface area contributed by atoms with Crippen molar-refractivity contribution in [3.05, 3.63) is 29.1 Å². The van der Waals surface area contributed by atoms with Crippen molar-refractivity contribution in [1.29, 1.82) is 5.41 Å². The number of benzene rings is 1. The molecule has 2 rings (SSSR count). The number of fused-ring (bicyclic) bond motifs is 1. The van der Waals surface area contributed by atoms with E-state index in [1.165, 1.54) is 0 Å². The van der Waals surface area contributed by atoms with Gasteiger partial charge in [0, 0.05) is 22.8 Å². The minimum atomic E-state index is 0.133. The Labute approximate surface area is 86.1 Å². The van der Waals surface area contributed by atoms with Crippen LogP contribution in [-0.4, -0.2) is 12.9 Å². The summed E-state index contributed by atoms with van der Waals surface area (Å²) in [5.74, 6) is 0.133. The molecule has 3 nitrogen and oxygen atoms in total. The van der Waals surface area contributed by atoms with Gasteiger partial charge in [-0.2, -0.15) is 0 Å². The normalized spacial score (nSPS) is 10.4. The summed E-state index contributed by atoms with van der Waals surface area (Å²) in [6.45, 7) is 0. The summed E-state index contributed by atoms with van der Waals surface area (Å²) in [6.07, 6.45) is 0. The molecule has 0 unspecified atom stereocenters. The van der Waals surface area contributed by atoms with E-state index >= 15 is 0 Å². The van der Waals surface area contributed by atoms with Gasteiger partial charge in [-0.25, -0.2) is 0 Å². The molecular weight excluding hydrogens is 194 g/mol. The van der Waals surface area contributed by atoms with Gasteiger partial charge in [0.2, 0.25) is 0 Å². The van der Waals surface area contributed by atoms with Gasteiger partial charge in [0.15, 0.2) is 0 Å². The third-order valence-electron chi connectivity index (χ3n) is 2.10. The van der Waals surface area contributed by atoms with Gasteiger partial charge < -0.3 is 11.1 Å². The monoisotopic (exact) mass is 205 g/mol. The Hall–Kier alpha value is -1.55. The van der Waals surface area contributed by atoms with Crippen LogP contribution in [-0.2, 0) is 0 Å². The molecule has 0 amide bonds. The van der Waals surface area contributed by atoms with E-state index in [1.54, 1.807) is 11.3 Å². The molecule has 0 fully saturated rings. The van der Waals surface area contributed by atoms with E-state index in [0.717, 1.165) is 20.7 Å². The Morgan fingerprint density at radius 1 is 1.50 bits per heavy atom. The number of nitrogens with two attached hydrogens (primary N) is 1. The van der Waals surface area contributed by atoms with E-state index in [-0.39, 0.29) is 5.84 Å². The third kappa shape index (κ3) is 1.33. The lowest BCUT2D eigenvalue weighted by Crippen LogP contribution is -2.08. The molecule has 0 aliphatic heterocycles. The second kappa shape index (κ2) is 3.31. The summed E-state index contributed by atoms with van der Waals surface area (Å²) in [5.41, 5.74) is 6.52. The number of nitrogen functional groups attached to an aromatic ring is 1. The fourth-order valence-electron chi connectivity index (χ4n) is 1.41. The van der Waals surface area contributed by atoms with Gasteiger partial charge in [0.25, 0.3) is 0 Å². The minimum Gasteiger partial charge on any atom is -0.388 e. The number of amidine groups is 1. The highest BCUT2D eigenvalue weighted by Gasteiger charge is 2.06. The van der Waals surface area contributed by atoms with Crippen molar-refractivity contribution in [2.45, 2.75) is 0 Å². The summed E-state index contributed by atoms with van der Waals surface area (Å²) >= 11 is 1.55. The van der Waals surface area contributed by atoms with E-state index in [4.69, 9.17) is 11.1 Å². The Morgan fingerprint density at radius 3 is 2.93 bits per heavy atom. The van der Waals surface area contributed by atoms with Crippen molar-refractivity contribution >= 4 is 32.9 Å². The zero-order valence-electron chi connectivity index (χ0n) is 7.79. The molecule has 0 atom stereocenters. The number of hydrogen-bond donors (Lipinski definition) is 3. The summed E-state index contributed by atoms with van der Waals surface area (Å²) in [7, 11) is 1.89. The Balaban J connectivity index is 2.70. The van der Waals surface area contributed by atoms with Gasteiger partial charge in [-0.1, -0.05) is 6.07 Å². The molecule has 14 heavy (non-hydrogen) atoms. The number of nitrogens with one attached hydrogen (secondary N) is 2. The molecule has 0 radical (unpaired) electrons. The fraction of sp³-hybridized carbons (Fsp3) is 0.100. The average Bonchev–Trinajstić information content (AvgIpc) is 2.60. The van der Waals surface area contributed by atoms with Gasteiger partial charge in [0.05, 0.1) is 4.88 Å². The van der Waals surface area contributed by atoms with Crippen molar-refractivity contribution < 1.29 is 0 Å². The van der Waals surface area contributed by atoms with Crippen molar-refractivity contribution in [3.8, 4) is 0 Å². The van der Waals surface area contributed by atoms with Gasteiger partial charge >= 0.3 is 0 Å². The summed E-state index contributed by atoms with van der Waals surface area (Å²) in [6, 6.07) is 8.00. The van der Waals surface area contributed by atoms with Crippen LogP contribution in [0.25, 0.3) is 10.1 Å². The molecule has 72 valence electrons. The molecule has 1 aromatic carbocycles. The third-order valence-corrected chi connectivity index (χ3v) is 3.23. The van der Waals surface area contributed by atoms with Crippen LogP contribution < -0.4 is 11.1 Å². The molecule has 0 aliphatic rings. The first-order valence-electron chi connectivity index (χ1n) is 4.27. The molecule has 0 spiro atoms. The number of thiophene rings is 1. The topological polar surface area (TPSA) is 61.9 Å². The van der Waals surface area contributed by atoms with Crippen LogP contribution >= 0.6 is 11.3 Å². The molecular formula is C10H11N3S. The van der Waals surface area contributed by atoms with Crippen LogP contribution in [0, 0.1) is 5.41 Å². The van der Waals surface area contributed by atoms with E-state index in [9.17, 15) is 0 Å². The van der Waals surface area contributed by atoms with E-state index < -0.39 is 0 Å². The van der Waals surface area contributed by atoms with Crippen molar-refractivity contribution in [1.82, 2.24) is 0 Å². The van der Waals surface area contributed by atoms with Gasteiger partial charge in [-0.15, -0.1) is 11.3 Å². The highest BCUT2D eigenvalue weighted by Crippen LogP contribution is 2.30. The van der Waals surface area contributed by atoms with Crippen molar-refractivity contribution in [2.75, 3.05) is 12.4 Å². The smallest absolute Gasteiger partial charge is 0.133 e. The second-order valence-electron chi connectivity index (χ2n) is 2.99. The average molecular weight is 205 g/mol. The second-order valence-corrected chi connectivity index (χ2v) is 4.08. The van der Waals surface area contributed by atoms with Crippen LogP contribution in [0.5, 0.6) is 0 Å². The lowest BCUT2D eigenvalue weighted by atomic mass is 10.2. The molecule has 0 saturated carbocycles. The molecule has 1 aromatic heterocycles. The van der Waals surface area contributed by atoms with Crippen molar-refractivity contribution in [3.63, 3.8) is 0 Å². The van der Waals surface area contributed by atoms with Crippen LogP contribution in [0.4, 0.5) is 5.69 Å². The molecule has 0 aliphatic carbocycles. The standard InChI is InChI=1S/C10H11N3S/c1-13-7-3-2-4-8-6(7)5-9(14-8)10(11)12/h2-5,13H,1H3,(H3,11,12). The van der Waals surface area contributed by atoms with Crippen molar-refractivity contribution in [2.24, 2.45) is 5.73 Å². The summed E-state index contributed by atoms with van der Waals surface area (Å²) < 4.78 is 1.15. The first kappa shape index (κ1) is 9.02. The predicted octanol–water partition coefficient (Wildman–Crippen LogP) is 2.23. The summed E-state index contributed by atoms with van der Waals surface area (Å²) in [5, 5.41) is 11.6. The number of anilines is 1. The predicted molar refractivity (Wildman–Crippen MR) is 62.4 cm³/mol. The largest absolute Gasteiger partial charge is 0.388 e. The highest BCUT2D eigenvalue weighted by molar-refractivity contribution is 7.20. The SMILES string of the molecule is CNc1cccc2sc(C(=N)N)cc12. The Kier molecular flexibility index (Phi) is 2.13. The quantitative estimate of drug-likeness (QED) is 0.520. The molecule has 1 heterocycles. The molecule has 0 bridgehead atoms. The van der Waals surface area contributed by atoms with E-state index in [0.29, 0.717) is 0 Å². The fourth-order valence-corrected chi connectivity index (χ4v) is 2.36.